The molecule has 9 heteroatoms. The molecule has 2 aromatic rings. The number of likely N-dealkylation sites (N-methyl/N-ethyl adjacent to an activating group) is 1. The molecule has 0 amide bonds. The third kappa shape index (κ3) is 6.51. The topological polar surface area (TPSA) is 70.4 Å². The Morgan fingerprint density at radius 1 is 1.31 bits per heavy atom. The number of thiophene rings is 1. The normalized spacial score (nSPS) is 12.7. The van der Waals surface area contributed by atoms with Gasteiger partial charge in [-0.1, -0.05) is 13.8 Å². The van der Waals surface area contributed by atoms with Crippen LogP contribution >= 0.6 is 35.3 Å². The quantitative estimate of drug-likeness (QED) is 0.321. The summed E-state index contributed by atoms with van der Waals surface area (Å²) in [5, 5.41) is 15.2. The van der Waals surface area contributed by atoms with Gasteiger partial charge in [0, 0.05) is 20.1 Å². The largest absolute Gasteiger partial charge is 0.357 e. The van der Waals surface area contributed by atoms with Crippen LogP contribution in [0.15, 0.2) is 28.1 Å². The molecule has 0 aliphatic carbocycles. The lowest BCUT2D eigenvalue weighted by atomic mass is 10.1. The second kappa shape index (κ2) is 12.2. The molecule has 7 nitrogen and oxygen atoms in total. The summed E-state index contributed by atoms with van der Waals surface area (Å²) >= 11 is 1.74. The highest BCUT2D eigenvalue weighted by Crippen LogP contribution is 2.22. The third-order valence-electron chi connectivity index (χ3n) is 4.17. The maximum Gasteiger partial charge on any atom is 0.191 e. The number of aromatic nitrogens is 3. The number of guanidine groups is 1. The van der Waals surface area contributed by atoms with Crippen molar-refractivity contribution in [1.29, 1.82) is 0 Å². The summed E-state index contributed by atoms with van der Waals surface area (Å²) in [6.45, 7) is 10.6. The average Bonchev–Trinajstić information content (AvgIpc) is 3.28. The van der Waals surface area contributed by atoms with Crippen molar-refractivity contribution in [2.75, 3.05) is 26.2 Å². The molecule has 2 heterocycles. The van der Waals surface area contributed by atoms with Gasteiger partial charge in [0.2, 0.25) is 0 Å². The van der Waals surface area contributed by atoms with E-state index >= 15 is 0 Å². The van der Waals surface area contributed by atoms with Crippen LogP contribution in [0.1, 0.15) is 38.2 Å². The van der Waals surface area contributed by atoms with Crippen LogP contribution in [-0.2, 0) is 13.6 Å². The minimum atomic E-state index is 0. The average molecular weight is 491 g/mol. The molecule has 2 aromatic heterocycles. The standard InChI is InChI=1S/C17H29N7S.HI/c1-5-18-17(20-11-16-21-13-22-23(16)4)19-10-15(24(6-2)7-3)14-8-9-25-12-14;/h8-9,12-13,15H,5-7,10-11H2,1-4H3,(H2,18,19,20);1H. The van der Waals surface area contributed by atoms with E-state index in [0.29, 0.717) is 12.6 Å². The van der Waals surface area contributed by atoms with E-state index in [1.54, 1.807) is 22.3 Å². The number of hydrogen-bond donors (Lipinski definition) is 2. The summed E-state index contributed by atoms with van der Waals surface area (Å²) in [6, 6.07) is 2.54. The van der Waals surface area contributed by atoms with Crippen molar-refractivity contribution < 1.29 is 0 Å². The molecule has 0 radical (unpaired) electrons. The highest BCUT2D eigenvalue weighted by atomic mass is 127. The minimum Gasteiger partial charge on any atom is -0.357 e. The molecule has 2 rings (SSSR count). The molecular weight excluding hydrogens is 461 g/mol. The number of nitrogens with zero attached hydrogens (tertiary/aromatic N) is 5. The molecule has 26 heavy (non-hydrogen) atoms. The number of aliphatic imine (C=N–C) groups is 1. The fourth-order valence-electron chi connectivity index (χ4n) is 2.73. The Kier molecular flexibility index (Phi) is 10.7. The van der Waals surface area contributed by atoms with Crippen molar-refractivity contribution in [3.05, 3.63) is 34.5 Å². The fourth-order valence-corrected chi connectivity index (χ4v) is 3.44. The lowest BCUT2D eigenvalue weighted by molar-refractivity contribution is 0.219. The summed E-state index contributed by atoms with van der Waals surface area (Å²) in [4.78, 5) is 11.3. The van der Waals surface area contributed by atoms with E-state index in [-0.39, 0.29) is 24.0 Å². The molecule has 1 unspecified atom stereocenters. The van der Waals surface area contributed by atoms with E-state index < -0.39 is 0 Å². The van der Waals surface area contributed by atoms with Gasteiger partial charge in [0.25, 0.3) is 0 Å². The maximum atomic E-state index is 4.64. The predicted octanol–water partition coefficient (Wildman–Crippen LogP) is 2.63. The van der Waals surface area contributed by atoms with Gasteiger partial charge in [0.1, 0.15) is 18.7 Å². The molecule has 0 bridgehead atoms. The highest BCUT2D eigenvalue weighted by molar-refractivity contribution is 14.0. The van der Waals surface area contributed by atoms with E-state index in [1.165, 1.54) is 5.56 Å². The van der Waals surface area contributed by atoms with Crippen molar-refractivity contribution in [3.63, 3.8) is 0 Å². The van der Waals surface area contributed by atoms with Gasteiger partial charge in [-0.2, -0.15) is 16.4 Å². The van der Waals surface area contributed by atoms with Gasteiger partial charge >= 0.3 is 0 Å². The van der Waals surface area contributed by atoms with Gasteiger partial charge in [-0.25, -0.2) is 9.98 Å². The van der Waals surface area contributed by atoms with Gasteiger partial charge in [0.05, 0.1) is 6.04 Å². The Bertz CT molecular complexity index is 637. The van der Waals surface area contributed by atoms with Crippen molar-refractivity contribution in [2.24, 2.45) is 12.0 Å². The molecule has 0 aliphatic rings. The van der Waals surface area contributed by atoms with Crippen molar-refractivity contribution in [2.45, 2.75) is 33.4 Å². The van der Waals surface area contributed by atoms with Gasteiger partial charge in [-0.3, -0.25) is 9.58 Å². The molecule has 0 aromatic carbocycles. The zero-order chi connectivity index (χ0) is 18.1. The monoisotopic (exact) mass is 491 g/mol. The summed E-state index contributed by atoms with van der Waals surface area (Å²) in [5.74, 6) is 1.65. The van der Waals surface area contributed by atoms with E-state index in [1.807, 2.05) is 7.05 Å². The molecule has 0 spiro atoms. The van der Waals surface area contributed by atoms with Gasteiger partial charge < -0.3 is 10.6 Å². The van der Waals surface area contributed by atoms with E-state index in [0.717, 1.165) is 38.0 Å². The molecular formula is C17H30IN7S. The number of rotatable bonds is 9. The Hall–Kier alpha value is -1.20. The van der Waals surface area contributed by atoms with Crippen LogP contribution in [0.25, 0.3) is 0 Å². The lowest BCUT2D eigenvalue weighted by Crippen LogP contribution is -2.43. The first kappa shape index (κ1) is 22.8. The van der Waals surface area contributed by atoms with Crippen molar-refractivity contribution in [1.82, 2.24) is 30.3 Å². The SMILES string of the molecule is CCNC(=NCc1ncnn1C)NCC(c1ccsc1)N(CC)CC.I. The van der Waals surface area contributed by atoms with E-state index in [4.69, 9.17) is 0 Å². The lowest BCUT2D eigenvalue weighted by Gasteiger charge is -2.30. The molecule has 0 aliphatic heterocycles. The molecule has 0 saturated carbocycles. The maximum absolute atomic E-state index is 4.64. The second-order valence-electron chi connectivity index (χ2n) is 5.67. The second-order valence-corrected chi connectivity index (χ2v) is 6.45. The van der Waals surface area contributed by atoms with Crippen LogP contribution in [0.3, 0.4) is 0 Å². The Morgan fingerprint density at radius 3 is 2.62 bits per heavy atom. The Labute approximate surface area is 177 Å². The van der Waals surface area contributed by atoms with Crippen LogP contribution in [0.2, 0.25) is 0 Å². The van der Waals surface area contributed by atoms with Gasteiger partial charge in [-0.05, 0) is 42.4 Å². The molecule has 146 valence electrons. The minimum absolute atomic E-state index is 0. The summed E-state index contributed by atoms with van der Waals surface area (Å²) in [7, 11) is 1.88. The zero-order valence-corrected chi connectivity index (χ0v) is 19.1. The third-order valence-corrected chi connectivity index (χ3v) is 4.87. The van der Waals surface area contributed by atoms with Crippen LogP contribution in [0.5, 0.6) is 0 Å². The number of hydrogen-bond acceptors (Lipinski definition) is 5. The molecule has 1 atom stereocenters. The van der Waals surface area contributed by atoms with E-state index in [2.05, 4.69) is 68.2 Å². The molecule has 0 fully saturated rings. The predicted molar refractivity (Wildman–Crippen MR) is 119 cm³/mol. The van der Waals surface area contributed by atoms with Gasteiger partial charge in [-0.15, -0.1) is 24.0 Å². The van der Waals surface area contributed by atoms with Crippen molar-refractivity contribution >= 4 is 41.3 Å². The zero-order valence-electron chi connectivity index (χ0n) is 16.0. The first-order valence-corrected chi connectivity index (χ1v) is 9.75. The number of aryl methyl sites for hydroxylation is 1. The van der Waals surface area contributed by atoms with Crippen LogP contribution < -0.4 is 10.6 Å². The molecule has 0 saturated heterocycles. The molecule has 2 N–H and O–H groups in total. The fraction of sp³-hybridized carbons (Fsp3) is 0.588. The summed E-state index contributed by atoms with van der Waals surface area (Å²) < 4.78 is 1.75. The highest BCUT2D eigenvalue weighted by Gasteiger charge is 2.18. The first-order chi connectivity index (χ1) is 12.2. The van der Waals surface area contributed by atoms with Crippen LogP contribution in [-0.4, -0.2) is 51.8 Å². The van der Waals surface area contributed by atoms with Crippen molar-refractivity contribution in [3.8, 4) is 0 Å². The Morgan fingerprint density at radius 2 is 2.08 bits per heavy atom. The van der Waals surface area contributed by atoms with Crippen LogP contribution in [0.4, 0.5) is 0 Å². The summed E-state index contributed by atoms with van der Waals surface area (Å²) in [6.07, 6.45) is 1.55. The summed E-state index contributed by atoms with van der Waals surface area (Å²) in [5.41, 5.74) is 1.35. The first-order valence-electron chi connectivity index (χ1n) is 8.80. The smallest absolute Gasteiger partial charge is 0.191 e. The van der Waals surface area contributed by atoms with Crippen LogP contribution in [0, 0.1) is 0 Å². The van der Waals surface area contributed by atoms with Gasteiger partial charge in [0.15, 0.2) is 5.96 Å². The Balaban J connectivity index is 0.00000338. The number of nitrogens with one attached hydrogen (secondary N) is 2. The number of halogens is 1. The van der Waals surface area contributed by atoms with E-state index in [9.17, 15) is 0 Å².